The highest BCUT2D eigenvalue weighted by Gasteiger charge is 2.36. The van der Waals surface area contributed by atoms with Gasteiger partial charge < -0.3 is 20.1 Å². The van der Waals surface area contributed by atoms with Crippen LogP contribution in [-0.2, 0) is 19.2 Å². The number of nitrogens with one attached hydrogen (secondary N) is 1. The first-order valence-electron chi connectivity index (χ1n) is 13.1. The molecule has 0 saturated heterocycles. The summed E-state index contributed by atoms with van der Waals surface area (Å²) in [5, 5.41) is 18.5. The second kappa shape index (κ2) is 17.5. The average molecular weight is 536 g/mol. The van der Waals surface area contributed by atoms with Crippen molar-refractivity contribution >= 4 is 18.5 Å². The molecule has 1 heterocycles. The van der Waals surface area contributed by atoms with Crippen LogP contribution in [0.2, 0.25) is 0 Å². The molecule has 0 spiro atoms. The molecule has 0 bridgehead atoms. The first kappa shape index (κ1) is 33.1. The van der Waals surface area contributed by atoms with Crippen LogP contribution in [0.25, 0.3) is 0 Å². The summed E-state index contributed by atoms with van der Waals surface area (Å²) < 4.78 is 5.36. The van der Waals surface area contributed by atoms with Crippen LogP contribution in [0, 0.1) is 5.41 Å². The minimum absolute atomic E-state index is 0.240. The number of ether oxygens (including phenoxy) is 1. The van der Waals surface area contributed by atoms with Gasteiger partial charge in [0.05, 0.1) is 6.61 Å². The van der Waals surface area contributed by atoms with E-state index in [1.54, 1.807) is 0 Å². The summed E-state index contributed by atoms with van der Waals surface area (Å²) in [4.78, 5) is 41.8. The second-order valence-electron chi connectivity index (χ2n) is 10.4. The van der Waals surface area contributed by atoms with Gasteiger partial charge in [0.15, 0.2) is 6.73 Å². The first-order chi connectivity index (χ1) is 18.1. The molecule has 1 aliphatic heterocycles. The quantitative estimate of drug-likeness (QED) is 0.110. The summed E-state index contributed by atoms with van der Waals surface area (Å²) >= 11 is 0. The van der Waals surface area contributed by atoms with Crippen LogP contribution in [-0.4, -0.2) is 84.7 Å². The van der Waals surface area contributed by atoms with Crippen LogP contribution in [0.4, 0.5) is 4.79 Å². The van der Waals surface area contributed by atoms with E-state index in [1.165, 1.54) is 21.6 Å². The SMILES string of the molecule is CCCCN(COO)C(=O)[C@@H](NC(=O)OCCC/C=C/C1=CCC=CC2=C1CN(C)C2)C(C)(C)C.O=CO. The van der Waals surface area contributed by atoms with E-state index in [0.29, 0.717) is 13.0 Å². The third-order valence-corrected chi connectivity index (χ3v) is 6.12. The minimum Gasteiger partial charge on any atom is -0.483 e. The van der Waals surface area contributed by atoms with Gasteiger partial charge >= 0.3 is 6.09 Å². The Morgan fingerprint density at radius 1 is 1.26 bits per heavy atom. The van der Waals surface area contributed by atoms with Gasteiger partial charge in [-0.2, -0.15) is 0 Å². The third-order valence-electron chi connectivity index (χ3n) is 6.12. The number of amides is 2. The number of carboxylic acid groups (broad SMARTS) is 1. The van der Waals surface area contributed by atoms with Gasteiger partial charge in [-0.15, -0.1) is 0 Å². The monoisotopic (exact) mass is 535 g/mol. The van der Waals surface area contributed by atoms with E-state index in [-0.39, 0.29) is 25.7 Å². The van der Waals surface area contributed by atoms with Crippen LogP contribution < -0.4 is 5.32 Å². The molecule has 0 radical (unpaired) electrons. The van der Waals surface area contributed by atoms with E-state index in [2.05, 4.69) is 52.5 Å². The highest BCUT2D eigenvalue weighted by Crippen LogP contribution is 2.27. The highest BCUT2D eigenvalue weighted by atomic mass is 17.1. The number of likely N-dealkylation sites (N-methyl/N-ethyl adjacent to an activating group) is 1. The smallest absolute Gasteiger partial charge is 0.407 e. The van der Waals surface area contributed by atoms with Crippen molar-refractivity contribution in [1.82, 2.24) is 15.1 Å². The van der Waals surface area contributed by atoms with Crippen molar-refractivity contribution in [3.8, 4) is 0 Å². The summed E-state index contributed by atoms with van der Waals surface area (Å²) in [6, 6.07) is -0.801. The second-order valence-corrected chi connectivity index (χ2v) is 10.4. The maximum atomic E-state index is 13.0. The summed E-state index contributed by atoms with van der Waals surface area (Å²) in [5.74, 6) is -0.308. The summed E-state index contributed by atoms with van der Waals surface area (Å²) in [5.41, 5.74) is 3.52. The largest absolute Gasteiger partial charge is 0.483 e. The molecular formula is C28H45N3O7. The Bertz CT molecular complexity index is 887. The highest BCUT2D eigenvalue weighted by molar-refractivity contribution is 5.86. The molecule has 0 fully saturated rings. The Kier molecular flexibility index (Phi) is 15.3. The molecule has 2 rings (SSSR count). The van der Waals surface area contributed by atoms with Gasteiger partial charge in [-0.1, -0.05) is 64.5 Å². The van der Waals surface area contributed by atoms with E-state index in [0.717, 1.165) is 38.8 Å². The average Bonchev–Trinajstić information content (AvgIpc) is 3.13. The maximum absolute atomic E-state index is 13.0. The van der Waals surface area contributed by atoms with E-state index in [4.69, 9.17) is 19.9 Å². The fraction of sp³-hybridized carbons (Fsp3) is 0.607. The molecule has 1 atom stereocenters. The lowest BCUT2D eigenvalue weighted by Gasteiger charge is -2.34. The maximum Gasteiger partial charge on any atom is 0.407 e. The molecule has 1 aliphatic carbocycles. The lowest BCUT2D eigenvalue weighted by Crippen LogP contribution is -2.55. The molecule has 0 aromatic rings. The zero-order chi connectivity index (χ0) is 28.6. The van der Waals surface area contributed by atoms with Crippen LogP contribution in [0.15, 0.2) is 47.1 Å². The molecule has 2 amide bonds. The number of nitrogens with zero attached hydrogens (tertiary/aromatic N) is 2. The first-order valence-corrected chi connectivity index (χ1v) is 13.1. The fourth-order valence-electron chi connectivity index (χ4n) is 4.16. The van der Waals surface area contributed by atoms with Crippen LogP contribution in [0.1, 0.15) is 59.8 Å². The van der Waals surface area contributed by atoms with Crippen LogP contribution in [0.5, 0.6) is 0 Å². The Hall–Kier alpha value is -2.95. The third kappa shape index (κ3) is 11.6. The standard InChI is InChI=1S/C27H43N3O5.CH2O2/c1-6-7-16-30(20-35-33)25(31)24(27(2,3)4)28-26(32)34-17-12-8-9-13-21-14-10-11-15-22-18-29(5)19-23(21)22;2-1-3/h9,11,13-15,24,33H,6-8,10,12,16-20H2,1-5H3,(H,28,32);1H,(H,2,3)/b13-9+;/t24-;/m1./s1. The Balaban J connectivity index is 0.00000229. The van der Waals surface area contributed by atoms with E-state index >= 15 is 0 Å². The van der Waals surface area contributed by atoms with Gasteiger partial charge in [-0.05, 0) is 54.9 Å². The van der Waals surface area contributed by atoms with Crippen molar-refractivity contribution < 1.29 is 34.4 Å². The molecule has 0 aromatic carbocycles. The molecule has 214 valence electrons. The normalized spacial score (nSPS) is 16.2. The number of alkyl carbamates (subject to hydrolysis) is 1. The molecule has 0 aromatic heterocycles. The van der Waals surface area contributed by atoms with Gasteiger partial charge in [0.2, 0.25) is 5.91 Å². The summed E-state index contributed by atoms with van der Waals surface area (Å²) in [6.07, 6.45) is 14.5. The number of hydrogen-bond donors (Lipinski definition) is 3. The van der Waals surface area contributed by atoms with E-state index < -0.39 is 17.6 Å². The zero-order valence-electron chi connectivity index (χ0n) is 23.4. The number of carbonyl (C=O) groups is 3. The Morgan fingerprint density at radius 3 is 2.61 bits per heavy atom. The lowest BCUT2D eigenvalue weighted by atomic mass is 9.86. The molecule has 0 saturated carbocycles. The molecule has 10 heteroatoms. The fourth-order valence-corrected chi connectivity index (χ4v) is 4.16. The number of carbonyl (C=O) groups excluding carboxylic acids is 2. The Labute approximate surface area is 226 Å². The predicted octanol–water partition coefficient (Wildman–Crippen LogP) is 4.37. The predicted molar refractivity (Wildman–Crippen MR) is 146 cm³/mol. The van der Waals surface area contributed by atoms with Crippen molar-refractivity contribution in [1.29, 1.82) is 0 Å². The minimum atomic E-state index is -0.801. The van der Waals surface area contributed by atoms with Gasteiger partial charge in [-0.25, -0.2) is 14.9 Å². The number of allylic oxidation sites excluding steroid dienone is 4. The molecule has 38 heavy (non-hydrogen) atoms. The Morgan fingerprint density at radius 2 is 1.97 bits per heavy atom. The number of unbranched alkanes of at least 4 members (excludes halogenated alkanes) is 2. The van der Waals surface area contributed by atoms with Crippen molar-refractivity contribution in [2.75, 3.05) is 40.0 Å². The van der Waals surface area contributed by atoms with Crippen molar-refractivity contribution in [2.45, 2.75) is 65.8 Å². The van der Waals surface area contributed by atoms with Crippen molar-refractivity contribution in [2.24, 2.45) is 5.41 Å². The van der Waals surface area contributed by atoms with Gasteiger partial charge in [0, 0.05) is 19.6 Å². The number of rotatable bonds is 12. The van der Waals surface area contributed by atoms with Gasteiger partial charge in [0.1, 0.15) is 6.04 Å². The number of hydrogen-bond acceptors (Lipinski definition) is 7. The van der Waals surface area contributed by atoms with Crippen molar-refractivity contribution in [3.05, 3.63) is 47.1 Å². The van der Waals surface area contributed by atoms with E-state index in [1.807, 2.05) is 27.7 Å². The summed E-state index contributed by atoms with van der Waals surface area (Å²) in [7, 11) is 2.13. The van der Waals surface area contributed by atoms with Crippen LogP contribution >= 0.6 is 0 Å². The molecule has 3 N–H and O–H groups in total. The lowest BCUT2D eigenvalue weighted by molar-refractivity contribution is -0.267. The summed E-state index contributed by atoms with van der Waals surface area (Å²) in [6.45, 7) is 9.80. The zero-order valence-corrected chi connectivity index (χ0v) is 23.4. The molecular weight excluding hydrogens is 490 g/mol. The van der Waals surface area contributed by atoms with Gasteiger partial charge in [0.25, 0.3) is 6.47 Å². The van der Waals surface area contributed by atoms with E-state index in [9.17, 15) is 9.59 Å². The molecule has 2 aliphatic rings. The molecule has 0 unspecified atom stereocenters. The van der Waals surface area contributed by atoms with Crippen LogP contribution in [0.3, 0.4) is 0 Å². The topological polar surface area (TPSA) is 129 Å². The van der Waals surface area contributed by atoms with Gasteiger partial charge in [-0.3, -0.25) is 14.5 Å². The molecule has 10 nitrogen and oxygen atoms in total. The van der Waals surface area contributed by atoms with Crippen molar-refractivity contribution in [3.63, 3.8) is 0 Å².